The highest BCUT2D eigenvalue weighted by Crippen LogP contribution is 2.20. The van der Waals surface area contributed by atoms with Crippen LogP contribution in [0.15, 0.2) is 24.3 Å². The molecule has 0 saturated heterocycles. The maximum Gasteiger partial charge on any atom is 0.309 e. The summed E-state index contributed by atoms with van der Waals surface area (Å²) in [5.41, 5.74) is 0.415. The van der Waals surface area contributed by atoms with Crippen LogP contribution < -0.4 is 10.1 Å². The fourth-order valence-corrected chi connectivity index (χ4v) is 1.92. The molecule has 1 aromatic rings. The number of aliphatic carboxylic acids is 1. The largest absolute Gasteiger partial charge is 0.493 e. The molecule has 0 bridgehead atoms. The van der Waals surface area contributed by atoms with Gasteiger partial charge in [-0.15, -0.1) is 0 Å². The first-order valence-corrected chi connectivity index (χ1v) is 7.95. The lowest BCUT2D eigenvalue weighted by molar-refractivity contribution is -0.147. The van der Waals surface area contributed by atoms with Gasteiger partial charge in [-0.05, 0) is 43.9 Å². The third-order valence-corrected chi connectivity index (χ3v) is 3.80. The Morgan fingerprint density at radius 1 is 1.22 bits per heavy atom. The van der Waals surface area contributed by atoms with E-state index in [-0.39, 0.29) is 12.3 Å². The van der Waals surface area contributed by atoms with E-state index >= 15 is 0 Å². The number of carbonyl (C=O) groups is 2. The number of rotatable bonds is 9. The Bertz CT molecular complexity index is 520. The lowest BCUT2D eigenvalue weighted by Crippen LogP contribution is -2.32. The monoisotopic (exact) mass is 321 g/mol. The molecule has 0 unspecified atom stereocenters. The van der Waals surface area contributed by atoms with Gasteiger partial charge in [-0.3, -0.25) is 9.59 Å². The number of benzene rings is 1. The highest BCUT2D eigenvalue weighted by atomic mass is 16.5. The highest BCUT2D eigenvalue weighted by Gasteiger charge is 2.26. The summed E-state index contributed by atoms with van der Waals surface area (Å²) >= 11 is 0. The Balaban J connectivity index is 2.25. The summed E-state index contributed by atoms with van der Waals surface area (Å²) in [7, 11) is 0. The average Bonchev–Trinajstić information content (AvgIpc) is 2.47. The average molecular weight is 321 g/mol. The first-order valence-electron chi connectivity index (χ1n) is 7.95. The SMILES string of the molecule is CC(C)c1ccc(OCCC(=O)NCCC(C)(C)C(=O)O)cc1. The van der Waals surface area contributed by atoms with Crippen molar-refractivity contribution in [3.63, 3.8) is 0 Å². The van der Waals surface area contributed by atoms with Crippen LogP contribution in [0.1, 0.15) is 52.0 Å². The number of hydrogen-bond acceptors (Lipinski definition) is 3. The van der Waals surface area contributed by atoms with Crippen molar-refractivity contribution in [3.05, 3.63) is 29.8 Å². The van der Waals surface area contributed by atoms with E-state index in [0.29, 0.717) is 25.5 Å². The minimum Gasteiger partial charge on any atom is -0.493 e. The fourth-order valence-electron chi connectivity index (χ4n) is 1.92. The van der Waals surface area contributed by atoms with E-state index in [4.69, 9.17) is 9.84 Å². The summed E-state index contributed by atoms with van der Waals surface area (Å²) in [6, 6.07) is 7.85. The van der Waals surface area contributed by atoms with Crippen molar-refractivity contribution in [1.29, 1.82) is 0 Å². The predicted molar refractivity (Wildman–Crippen MR) is 89.7 cm³/mol. The van der Waals surface area contributed by atoms with E-state index in [1.54, 1.807) is 13.8 Å². The lowest BCUT2D eigenvalue weighted by Gasteiger charge is -2.18. The van der Waals surface area contributed by atoms with Crippen LogP contribution in [0.4, 0.5) is 0 Å². The van der Waals surface area contributed by atoms with Crippen molar-refractivity contribution in [1.82, 2.24) is 5.32 Å². The molecule has 5 nitrogen and oxygen atoms in total. The summed E-state index contributed by atoms with van der Waals surface area (Å²) in [6.45, 7) is 8.20. The van der Waals surface area contributed by atoms with Crippen molar-refractivity contribution < 1.29 is 19.4 Å². The molecule has 0 aliphatic rings. The zero-order valence-electron chi connectivity index (χ0n) is 14.4. The molecule has 0 aliphatic heterocycles. The second-order valence-electron chi connectivity index (χ2n) is 6.61. The molecule has 0 heterocycles. The summed E-state index contributed by atoms with van der Waals surface area (Å²) in [6.07, 6.45) is 0.644. The van der Waals surface area contributed by atoms with Crippen molar-refractivity contribution >= 4 is 11.9 Å². The molecule has 0 spiro atoms. The zero-order chi connectivity index (χ0) is 17.5. The minimum atomic E-state index is -0.861. The molecule has 1 amide bonds. The van der Waals surface area contributed by atoms with Crippen LogP contribution >= 0.6 is 0 Å². The van der Waals surface area contributed by atoms with Crippen LogP contribution in [0, 0.1) is 5.41 Å². The topological polar surface area (TPSA) is 75.6 Å². The molecule has 23 heavy (non-hydrogen) atoms. The molecule has 1 aromatic carbocycles. The van der Waals surface area contributed by atoms with E-state index in [1.165, 1.54) is 5.56 Å². The van der Waals surface area contributed by atoms with Gasteiger partial charge in [0.15, 0.2) is 0 Å². The first kappa shape index (κ1) is 19.0. The molecule has 5 heteroatoms. The van der Waals surface area contributed by atoms with Crippen LogP contribution in [-0.4, -0.2) is 30.1 Å². The number of nitrogens with one attached hydrogen (secondary N) is 1. The standard InChI is InChI=1S/C18H27NO4/c1-13(2)14-5-7-15(8-6-14)23-12-9-16(20)19-11-10-18(3,4)17(21)22/h5-8,13H,9-12H2,1-4H3,(H,19,20)(H,21,22). The van der Waals surface area contributed by atoms with Gasteiger partial charge < -0.3 is 15.2 Å². The molecule has 1 rings (SSSR count). The highest BCUT2D eigenvalue weighted by molar-refractivity contribution is 5.76. The number of amides is 1. The summed E-state index contributed by atoms with van der Waals surface area (Å²) < 4.78 is 5.54. The normalized spacial score (nSPS) is 11.3. The van der Waals surface area contributed by atoms with Gasteiger partial charge in [-0.1, -0.05) is 26.0 Å². The van der Waals surface area contributed by atoms with Gasteiger partial charge in [0, 0.05) is 6.54 Å². The van der Waals surface area contributed by atoms with Gasteiger partial charge in [0.1, 0.15) is 5.75 Å². The molecule has 0 aliphatic carbocycles. The van der Waals surface area contributed by atoms with Gasteiger partial charge in [-0.2, -0.15) is 0 Å². The second-order valence-corrected chi connectivity index (χ2v) is 6.61. The number of hydrogen-bond donors (Lipinski definition) is 2. The number of carboxylic acid groups (broad SMARTS) is 1. The minimum absolute atomic E-state index is 0.134. The molecule has 0 fully saturated rings. The van der Waals surface area contributed by atoms with Crippen LogP contribution in [0.2, 0.25) is 0 Å². The molecule has 2 N–H and O–H groups in total. The Morgan fingerprint density at radius 2 is 1.83 bits per heavy atom. The number of ether oxygens (including phenoxy) is 1. The van der Waals surface area contributed by atoms with Gasteiger partial charge in [0.05, 0.1) is 18.4 Å². The molecular formula is C18H27NO4. The molecule has 128 valence electrons. The third-order valence-electron chi connectivity index (χ3n) is 3.80. The van der Waals surface area contributed by atoms with E-state index < -0.39 is 11.4 Å². The van der Waals surface area contributed by atoms with Crippen molar-refractivity contribution in [2.24, 2.45) is 5.41 Å². The van der Waals surface area contributed by atoms with Crippen LogP contribution in [-0.2, 0) is 9.59 Å². The van der Waals surface area contributed by atoms with E-state index in [0.717, 1.165) is 5.75 Å². The van der Waals surface area contributed by atoms with Crippen molar-refractivity contribution in [2.75, 3.05) is 13.2 Å². The zero-order valence-corrected chi connectivity index (χ0v) is 14.4. The molecule has 0 aromatic heterocycles. The van der Waals surface area contributed by atoms with Gasteiger partial charge in [0.2, 0.25) is 5.91 Å². The van der Waals surface area contributed by atoms with E-state index in [1.807, 2.05) is 24.3 Å². The van der Waals surface area contributed by atoms with Gasteiger partial charge in [-0.25, -0.2) is 0 Å². The van der Waals surface area contributed by atoms with Crippen LogP contribution in [0.5, 0.6) is 5.75 Å². The van der Waals surface area contributed by atoms with Gasteiger partial charge >= 0.3 is 5.97 Å². The van der Waals surface area contributed by atoms with Crippen LogP contribution in [0.25, 0.3) is 0 Å². The predicted octanol–water partition coefficient (Wildman–Crippen LogP) is 3.20. The molecular weight excluding hydrogens is 294 g/mol. The number of carboxylic acids is 1. The summed E-state index contributed by atoms with van der Waals surface area (Å²) in [5.74, 6) is 0.226. The summed E-state index contributed by atoms with van der Waals surface area (Å²) in [5, 5.41) is 11.7. The van der Waals surface area contributed by atoms with Crippen molar-refractivity contribution in [3.8, 4) is 5.75 Å². The number of carbonyl (C=O) groups excluding carboxylic acids is 1. The smallest absolute Gasteiger partial charge is 0.309 e. The third kappa shape index (κ3) is 6.72. The van der Waals surface area contributed by atoms with Gasteiger partial charge in [0.25, 0.3) is 0 Å². The molecule has 0 radical (unpaired) electrons. The second kappa shape index (κ2) is 8.56. The lowest BCUT2D eigenvalue weighted by atomic mass is 9.90. The Hall–Kier alpha value is -2.04. The maximum atomic E-state index is 11.7. The Labute approximate surface area is 138 Å². The maximum absolute atomic E-state index is 11.7. The molecule has 0 saturated carbocycles. The molecule has 0 atom stereocenters. The quantitative estimate of drug-likeness (QED) is 0.732. The van der Waals surface area contributed by atoms with Crippen molar-refractivity contribution in [2.45, 2.75) is 46.5 Å². The first-order chi connectivity index (χ1) is 10.7. The summed E-state index contributed by atoms with van der Waals surface area (Å²) in [4.78, 5) is 22.7. The van der Waals surface area contributed by atoms with E-state index in [2.05, 4.69) is 19.2 Å². The fraction of sp³-hybridized carbons (Fsp3) is 0.556. The Kier molecular flexibility index (Phi) is 7.07. The van der Waals surface area contributed by atoms with Crippen LogP contribution in [0.3, 0.4) is 0 Å². The van der Waals surface area contributed by atoms with E-state index in [9.17, 15) is 9.59 Å². The Morgan fingerprint density at radius 3 is 2.35 bits per heavy atom.